The largest absolute Gasteiger partial charge is 0.477 e. The summed E-state index contributed by atoms with van der Waals surface area (Å²) >= 11 is 20.0. The molecular formula is C16H13Cl3FNO5S3. The van der Waals surface area contributed by atoms with E-state index in [1.165, 1.54) is 35.8 Å². The van der Waals surface area contributed by atoms with E-state index in [0.29, 0.717) is 22.8 Å². The van der Waals surface area contributed by atoms with Crippen LogP contribution in [0.1, 0.15) is 29.0 Å². The molecule has 0 aliphatic rings. The molecule has 0 radical (unpaired) electrons. The predicted molar refractivity (Wildman–Crippen MR) is 117 cm³/mol. The molecule has 0 atom stereocenters. The zero-order valence-electron chi connectivity index (χ0n) is 14.4. The molecule has 0 saturated carbocycles. The van der Waals surface area contributed by atoms with Gasteiger partial charge in [0.1, 0.15) is 9.75 Å². The zero-order valence-corrected chi connectivity index (χ0v) is 19.1. The second kappa shape index (κ2) is 13.5. The van der Waals surface area contributed by atoms with Gasteiger partial charge in [-0.2, -0.15) is 0 Å². The van der Waals surface area contributed by atoms with Crippen LogP contribution >= 0.6 is 68.8 Å². The molecule has 3 rings (SSSR count). The maximum atomic E-state index is 10.8. The zero-order chi connectivity index (χ0) is 21.3. The van der Waals surface area contributed by atoms with Gasteiger partial charge in [-0.15, -0.1) is 34.0 Å². The Balaban J connectivity index is 0.000000399. The second-order valence-electron chi connectivity index (χ2n) is 4.47. The van der Waals surface area contributed by atoms with E-state index in [9.17, 15) is 14.4 Å². The van der Waals surface area contributed by atoms with Gasteiger partial charge in [0.05, 0.1) is 25.0 Å². The Labute approximate surface area is 191 Å². The molecule has 0 fully saturated rings. The molecule has 0 spiro atoms. The van der Waals surface area contributed by atoms with Gasteiger partial charge in [0.25, 0.3) is 5.91 Å². The van der Waals surface area contributed by atoms with Crippen molar-refractivity contribution < 1.29 is 28.9 Å². The van der Waals surface area contributed by atoms with E-state index < -0.39 is 11.9 Å². The van der Waals surface area contributed by atoms with Crippen molar-refractivity contribution in [3.8, 4) is 0 Å². The van der Waals surface area contributed by atoms with Gasteiger partial charge in [-0.05, 0) is 36.4 Å². The molecule has 3 N–H and O–H groups in total. The van der Waals surface area contributed by atoms with Crippen LogP contribution in [0.4, 0.5) is 4.70 Å². The molecule has 0 saturated heterocycles. The molecule has 13 heteroatoms. The number of carbonyl (C=O) groups excluding carboxylic acids is 2. The molecule has 158 valence electrons. The monoisotopic (exact) mass is 519 g/mol. The number of carbonyl (C=O) groups is 3. The number of hydrogen-bond acceptors (Lipinski definition) is 7. The van der Waals surface area contributed by atoms with E-state index in [4.69, 9.17) is 45.6 Å². The summed E-state index contributed by atoms with van der Waals surface area (Å²) in [6.45, 7) is 0. The van der Waals surface area contributed by atoms with Crippen molar-refractivity contribution in [1.82, 2.24) is 0 Å². The summed E-state index contributed by atoms with van der Waals surface area (Å²) in [5.74, 6) is -1.68. The van der Waals surface area contributed by atoms with Crippen LogP contribution in [0.15, 0.2) is 36.4 Å². The highest BCUT2D eigenvalue weighted by atomic mass is 35.5. The molecule has 0 aliphatic heterocycles. The number of carboxylic acid groups (broad SMARTS) is 1. The molecule has 1 amide bonds. The Morgan fingerprint density at radius 2 is 1.21 bits per heavy atom. The van der Waals surface area contributed by atoms with Crippen molar-refractivity contribution in [3.63, 3.8) is 0 Å². The van der Waals surface area contributed by atoms with Crippen molar-refractivity contribution >= 4 is 86.7 Å². The maximum Gasteiger partial charge on any atom is 0.348 e. The molecule has 29 heavy (non-hydrogen) atoms. The lowest BCUT2D eigenvalue weighted by molar-refractivity contribution is 0.0605. The van der Waals surface area contributed by atoms with Crippen LogP contribution in [0, 0.1) is 0 Å². The second-order valence-corrected chi connectivity index (χ2v) is 9.62. The fourth-order valence-electron chi connectivity index (χ4n) is 1.40. The Bertz CT molecular complexity index is 907. The summed E-state index contributed by atoms with van der Waals surface area (Å²) in [7, 11) is 1.34. The molecule has 3 aromatic heterocycles. The normalized spacial score (nSPS) is 9.10. The molecule has 3 heterocycles. The van der Waals surface area contributed by atoms with Crippen LogP contribution in [-0.2, 0) is 4.74 Å². The van der Waals surface area contributed by atoms with Crippen molar-refractivity contribution in [2.45, 2.75) is 0 Å². The molecule has 0 aliphatic carbocycles. The van der Waals surface area contributed by atoms with Crippen LogP contribution in [0.25, 0.3) is 0 Å². The third-order valence-electron chi connectivity index (χ3n) is 2.56. The Kier molecular flexibility index (Phi) is 12.7. The summed E-state index contributed by atoms with van der Waals surface area (Å²) in [5, 5.41) is 8.35. The number of nitrogens with two attached hydrogens (primary N) is 1. The number of ether oxygens (including phenoxy) is 1. The summed E-state index contributed by atoms with van der Waals surface area (Å²) in [6, 6.07) is 9.60. The summed E-state index contributed by atoms with van der Waals surface area (Å²) in [5.41, 5.74) is 4.94. The van der Waals surface area contributed by atoms with Gasteiger partial charge >= 0.3 is 11.9 Å². The molecular weight excluding hydrogens is 508 g/mol. The maximum absolute atomic E-state index is 10.8. The van der Waals surface area contributed by atoms with Crippen LogP contribution < -0.4 is 5.73 Å². The SMILES string of the molecule is COC(=O)c1ccc(Cl)s1.F.NC(=O)c1ccc(Cl)s1.O=C(O)c1ccc(Cl)s1. The molecule has 6 nitrogen and oxygen atoms in total. The third-order valence-corrected chi connectivity index (χ3v) is 6.24. The van der Waals surface area contributed by atoms with E-state index in [0.717, 1.165) is 11.3 Å². The third kappa shape index (κ3) is 10.1. The van der Waals surface area contributed by atoms with Crippen molar-refractivity contribution in [2.75, 3.05) is 7.11 Å². The average Bonchev–Trinajstić information content (AvgIpc) is 3.37. The fraction of sp³-hybridized carbons (Fsp3) is 0.0625. The summed E-state index contributed by atoms with van der Waals surface area (Å²) in [6.07, 6.45) is 0. The summed E-state index contributed by atoms with van der Waals surface area (Å²) < 4.78 is 6.15. The Hall–Kier alpha value is -1.69. The first-order valence-electron chi connectivity index (χ1n) is 7.01. The highest BCUT2D eigenvalue weighted by Crippen LogP contribution is 2.22. The van der Waals surface area contributed by atoms with Crippen LogP contribution in [0.5, 0.6) is 0 Å². The number of methoxy groups -OCH3 is 1. The minimum Gasteiger partial charge on any atom is -0.477 e. The van der Waals surface area contributed by atoms with Gasteiger partial charge in [0, 0.05) is 0 Å². The van der Waals surface area contributed by atoms with Crippen molar-refractivity contribution in [1.29, 1.82) is 0 Å². The van der Waals surface area contributed by atoms with Gasteiger partial charge in [-0.25, -0.2) is 9.59 Å². The quantitative estimate of drug-likeness (QED) is 0.416. The van der Waals surface area contributed by atoms with Gasteiger partial charge in [0.15, 0.2) is 0 Å². The van der Waals surface area contributed by atoms with Gasteiger partial charge in [0.2, 0.25) is 0 Å². The van der Waals surface area contributed by atoms with Crippen LogP contribution in [0.2, 0.25) is 13.0 Å². The van der Waals surface area contributed by atoms with E-state index >= 15 is 0 Å². The number of hydrogen-bond donors (Lipinski definition) is 2. The first-order chi connectivity index (χ1) is 13.1. The highest BCUT2D eigenvalue weighted by molar-refractivity contribution is 7.18. The van der Waals surface area contributed by atoms with E-state index in [2.05, 4.69) is 4.74 Å². The Morgan fingerprint density at radius 1 is 0.828 bits per heavy atom. The lowest BCUT2D eigenvalue weighted by Crippen LogP contribution is -2.07. The highest BCUT2D eigenvalue weighted by Gasteiger charge is 2.07. The number of thiophene rings is 3. The number of esters is 1. The smallest absolute Gasteiger partial charge is 0.348 e. The lowest BCUT2D eigenvalue weighted by atomic mass is 10.5. The van der Waals surface area contributed by atoms with E-state index in [-0.39, 0.29) is 15.6 Å². The number of carboxylic acids is 1. The number of amides is 1. The number of halogens is 4. The summed E-state index contributed by atoms with van der Waals surface area (Å²) in [4.78, 5) is 32.6. The minimum atomic E-state index is -0.924. The van der Waals surface area contributed by atoms with Crippen LogP contribution in [-0.4, -0.2) is 30.1 Å². The van der Waals surface area contributed by atoms with Gasteiger partial charge in [-0.1, -0.05) is 34.8 Å². The topological polar surface area (TPSA) is 107 Å². The molecule has 0 aromatic carbocycles. The first-order valence-corrected chi connectivity index (χ1v) is 10.6. The van der Waals surface area contributed by atoms with Gasteiger partial charge < -0.3 is 15.6 Å². The molecule has 3 aromatic rings. The van der Waals surface area contributed by atoms with E-state index in [1.54, 1.807) is 30.3 Å². The molecule has 0 bridgehead atoms. The van der Waals surface area contributed by atoms with Gasteiger partial charge in [-0.3, -0.25) is 9.50 Å². The number of primary amides is 1. The first kappa shape index (κ1) is 27.3. The number of aromatic carboxylic acids is 1. The van der Waals surface area contributed by atoms with Crippen molar-refractivity contribution in [3.05, 3.63) is 64.0 Å². The minimum absolute atomic E-state index is 0. The Morgan fingerprint density at radius 3 is 1.41 bits per heavy atom. The standard InChI is InChI=1S/C6H5ClO2S.C5H4ClNOS.C5H3ClO2S.FH/c1-9-6(8)4-2-3-5(7)10-4;2*6-4-2-1-3(9-4)5(7)8;/h2-3H,1H3;1-2H,(H2,7,8);1-2H,(H,7,8);1H. The molecule has 0 unspecified atom stereocenters. The lowest BCUT2D eigenvalue weighted by Gasteiger charge is -1.90. The van der Waals surface area contributed by atoms with Crippen LogP contribution in [0.3, 0.4) is 0 Å². The fourth-order valence-corrected chi connectivity index (χ4v) is 4.14. The average molecular weight is 521 g/mol. The van der Waals surface area contributed by atoms with Crippen molar-refractivity contribution in [2.24, 2.45) is 5.73 Å². The van der Waals surface area contributed by atoms with E-state index in [1.807, 2.05) is 0 Å². The predicted octanol–water partition coefficient (Wildman–Crippen LogP) is 5.94. The number of rotatable bonds is 3.